The fraction of sp³-hybridized carbons (Fsp3) is 0.483. The number of carbonyl (C=O) groups is 3. The zero-order valence-electron chi connectivity index (χ0n) is 21.8. The number of ether oxygens (including phenoxy) is 1. The molecule has 3 amide bonds. The second kappa shape index (κ2) is 10.6. The first-order chi connectivity index (χ1) is 18.3. The van der Waals surface area contributed by atoms with E-state index in [1.807, 2.05) is 30.3 Å². The van der Waals surface area contributed by atoms with Gasteiger partial charge in [0.1, 0.15) is 11.8 Å². The lowest BCUT2D eigenvalue weighted by molar-refractivity contribution is -0.139. The number of aliphatic hydroxyl groups is 1. The number of amides is 3. The van der Waals surface area contributed by atoms with Crippen molar-refractivity contribution in [1.29, 1.82) is 0 Å². The Balaban J connectivity index is 1.45. The standard InChI is InChI=1S/C29H35N3O5S/c1-28-15-16-29(38-28)23(22(28)25(34)30-19-9-5-3-6-10-19)27(36)32(17-7-4-8-18-33)24(29)26(35)31-20-11-13-21(37-2)14-12-20/h3,5-6,9-14,22-24,33H,4,7-8,15-18H2,1-2H3,(H,30,34)(H,31,35)/t22-,23+,24?,28+,29?/m1/s1. The van der Waals surface area contributed by atoms with Gasteiger partial charge in [-0.15, -0.1) is 11.8 Å². The molecule has 3 N–H and O–H groups in total. The molecule has 8 nitrogen and oxygen atoms in total. The van der Waals surface area contributed by atoms with Crippen molar-refractivity contribution in [3.8, 4) is 5.75 Å². The molecule has 9 heteroatoms. The minimum atomic E-state index is -0.683. The molecule has 2 unspecified atom stereocenters. The maximum atomic E-state index is 14.1. The fourth-order valence-corrected chi connectivity index (χ4v) is 8.92. The quantitative estimate of drug-likeness (QED) is 0.397. The van der Waals surface area contributed by atoms with E-state index in [4.69, 9.17) is 4.74 Å². The van der Waals surface area contributed by atoms with Gasteiger partial charge in [0.25, 0.3) is 0 Å². The van der Waals surface area contributed by atoms with E-state index >= 15 is 0 Å². The number of hydrogen-bond donors (Lipinski definition) is 3. The van der Waals surface area contributed by atoms with Crippen LogP contribution in [0.15, 0.2) is 54.6 Å². The van der Waals surface area contributed by atoms with E-state index in [9.17, 15) is 19.5 Å². The predicted molar refractivity (Wildman–Crippen MR) is 148 cm³/mol. The molecule has 3 fully saturated rings. The average molecular weight is 538 g/mol. The van der Waals surface area contributed by atoms with E-state index in [1.165, 1.54) is 0 Å². The number of benzene rings is 2. The topological polar surface area (TPSA) is 108 Å². The number of rotatable bonds is 10. The molecular weight excluding hydrogens is 502 g/mol. The third-order valence-corrected chi connectivity index (χ3v) is 10.2. The molecule has 3 aliphatic heterocycles. The Kier molecular flexibility index (Phi) is 7.42. The second-order valence-electron chi connectivity index (χ2n) is 10.6. The smallest absolute Gasteiger partial charge is 0.248 e. The van der Waals surface area contributed by atoms with Crippen LogP contribution in [-0.2, 0) is 14.4 Å². The van der Waals surface area contributed by atoms with Gasteiger partial charge in [-0.05, 0) is 75.4 Å². The van der Waals surface area contributed by atoms with Gasteiger partial charge < -0.3 is 25.4 Å². The molecule has 3 saturated heterocycles. The van der Waals surface area contributed by atoms with Crippen LogP contribution in [0, 0.1) is 11.8 Å². The molecule has 38 heavy (non-hydrogen) atoms. The summed E-state index contributed by atoms with van der Waals surface area (Å²) in [7, 11) is 1.59. The Morgan fingerprint density at radius 3 is 2.37 bits per heavy atom. The largest absolute Gasteiger partial charge is 0.497 e. The zero-order chi connectivity index (χ0) is 26.9. The molecule has 5 atom stereocenters. The van der Waals surface area contributed by atoms with E-state index in [1.54, 1.807) is 48.0 Å². The highest BCUT2D eigenvalue weighted by atomic mass is 32.2. The van der Waals surface area contributed by atoms with Gasteiger partial charge >= 0.3 is 0 Å². The summed E-state index contributed by atoms with van der Waals surface area (Å²) >= 11 is 1.66. The summed E-state index contributed by atoms with van der Waals surface area (Å²) in [6, 6.07) is 15.7. The highest BCUT2D eigenvalue weighted by Gasteiger charge is 2.77. The summed E-state index contributed by atoms with van der Waals surface area (Å²) < 4.78 is 4.13. The number of likely N-dealkylation sites (tertiary alicyclic amines) is 1. The van der Waals surface area contributed by atoms with Gasteiger partial charge in [0.2, 0.25) is 17.7 Å². The van der Waals surface area contributed by atoms with Crippen molar-refractivity contribution in [2.45, 2.75) is 54.6 Å². The Morgan fingerprint density at radius 1 is 1.00 bits per heavy atom. The number of hydrogen-bond acceptors (Lipinski definition) is 6. The molecule has 202 valence electrons. The van der Waals surface area contributed by atoms with Gasteiger partial charge in [0.05, 0.1) is 23.7 Å². The molecule has 3 aliphatic rings. The van der Waals surface area contributed by atoms with Gasteiger partial charge in [-0.2, -0.15) is 0 Å². The van der Waals surface area contributed by atoms with Crippen molar-refractivity contribution >= 4 is 40.9 Å². The average Bonchev–Trinajstić information content (AvgIpc) is 3.48. The van der Waals surface area contributed by atoms with Crippen molar-refractivity contribution in [3.63, 3.8) is 0 Å². The maximum Gasteiger partial charge on any atom is 0.248 e. The molecular formula is C29H35N3O5S. The Bertz CT molecular complexity index is 1190. The number of para-hydroxylation sites is 1. The minimum Gasteiger partial charge on any atom is -0.497 e. The molecule has 2 bridgehead atoms. The van der Waals surface area contributed by atoms with Crippen molar-refractivity contribution in [2.75, 3.05) is 30.9 Å². The summed E-state index contributed by atoms with van der Waals surface area (Å²) in [6.45, 7) is 2.58. The van der Waals surface area contributed by atoms with E-state index in [0.717, 1.165) is 12.8 Å². The molecule has 2 aromatic rings. The van der Waals surface area contributed by atoms with Crippen molar-refractivity contribution in [3.05, 3.63) is 54.6 Å². The van der Waals surface area contributed by atoms with Gasteiger partial charge in [0, 0.05) is 29.3 Å². The third-order valence-electron chi connectivity index (χ3n) is 8.26. The lowest BCUT2D eigenvalue weighted by Gasteiger charge is -2.34. The van der Waals surface area contributed by atoms with Crippen molar-refractivity contribution in [1.82, 2.24) is 4.90 Å². The highest BCUT2D eigenvalue weighted by Crippen LogP contribution is 2.71. The minimum absolute atomic E-state index is 0.0951. The van der Waals surface area contributed by atoms with Crippen molar-refractivity contribution < 1.29 is 24.2 Å². The summed E-state index contributed by atoms with van der Waals surface area (Å²) in [5.41, 5.74) is 1.33. The second-order valence-corrected chi connectivity index (χ2v) is 12.5. The maximum absolute atomic E-state index is 14.1. The first kappa shape index (κ1) is 26.6. The number of carbonyl (C=O) groups excluding carboxylic acids is 3. The Hall–Kier alpha value is -3.04. The van der Waals surface area contributed by atoms with E-state index in [2.05, 4.69) is 17.6 Å². The van der Waals surface area contributed by atoms with Gasteiger partial charge in [-0.25, -0.2) is 0 Å². The summed E-state index contributed by atoms with van der Waals surface area (Å²) in [6.07, 6.45) is 3.55. The Labute approximate surface area is 227 Å². The van der Waals surface area contributed by atoms with Crippen LogP contribution in [-0.4, -0.2) is 63.5 Å². The molecule has 5 rings (SSSR count). The first-order valence-corrected chi connectivity index (χ1v) is 14.1. The number of aliphatic hydroxyl groups excluding tert-OH is 1. The summed E-state index contributed by atoms with van der Waals surface area (Å²) in [5, 5.41) is 15.3. The predicted octanol–water partition coefficient (Wildman–Crippen LogP) is 3.92. The molecule has 3 heterocycles. The number of unbranched alkanes of at least 4 members (excludes halogenated alkanes) is 2. The van der Waals surface area contributed by atoms with Gasteiger partial charge in [0.15, 0.2) is 0 Å². The molecule has 1 spiro atoms. The molecule has 0 aliphatic carbocycles. The summed E-state index contributed by atoms with van der Waals surface area (Å²) in [5.74, 6) is -0.926. The zero-order valence-corrected chi connectivity index (χ0v) is 22.6. The van der Waals surface area contributed by atoms with Crippen LogP contribution in [0.2, 0.25) is 0 Å². The van der Waals surface area contributed by atoms with E-state index in [-0.39, 0.29) is 24.3 Å². The molecule has 0 radical (unpaired) electrons. The van der Waals surface area contributed by atoms with Crippen LogP contribution in [0.25, 0.3) is 0 Å². The van der Waals surface area contributed by atoms with Crippen molar-refractivity contribution in [2.24, 2.45) is 11.8 Å². The normalized spacial score (nSPS) is 29.3. The number of nitrogens with one attached hydrogen (secondary N) is 2. The molecule has 0 aromatic heterocycles. The highest BCUT2D eigenvalue weighted by molar-refractivity contribution is 8.02. The molecule has 2 aromatic carbocycles. The fourth-order valence-electron chi connectivity index (χ4n) is 6.56. The van der Waals surface area contributed by atoms with Crippen LogP contribution in [0.1, 0.15) is 39.0 Å². The number of thioether (sulfide) groups is 1. The van der Waals surface area contributed by atoms with Crippen LogP contribution < -0.4 is 15.4 Å². The van der Waals surface area contributed by atoms with Gasteiger partial charge in [-0.1, -0.05) is 18.2 Å². The molecule has 0 saturated carbocycles. The third kappa shape index (κ3) is 4.56. The number of nitrogens with zero attached hydrogens (tertiary/aromatic N) is 1. The summed E-state index contributed by atoms with van der Waals surface area (Å²) in [4.78, 5) is 43.4. The van der Waals surface area contributed by atoms with Gasteiger partial charge in [-0.3, -0.25) is 14.4 Å². The van der Waals surface area contributed by atoms with E-state index in [0.29, 0.717) is 42.9 Å². The number of anilines is 2. The number of fused-ring (bicyclic) bond motifs is 1. The number of methoxy groups -OCH3 is 1. The van der Waals surface area contributed by atoms with E-state index < -0.39 is 27.4 Å². The van der Waals surface area contributed by atoms with Crippen LogP contribution in [0.4, 0.5) is 11.4 Å². The van der Waals surface area contributed by atoms with Crippen LogP contribution >= 0.6 is 11.8 Å². The van der Waals surface area contributed by atoms with Crippen LogP contribution in [0.5, 0.6) is 5.75 Å². The SMILES string of the molecule is COc1ccc(NC(=O)C2N(CCCCCO)C(=O)[C@@H]3[C@H](C(=O)Nc4ccccc4)[C@]4(C)CCC23S4)cc1. The Morgan fingerprint density at radius 2 is 1.68 bits per heavy atom. The lowest BCUT2D eigenvalue weighted by Crippen LogP contribution is -2.51. The monoisotopic (exact) mass is 537 g/mol. The first-order valence-electron chi connectivity index (χ1n) is 13.3. The lowest BCUT2D eigenvalue weighted by atomic mass is 9.66. The van der Waals surface area contributed by atoms with Crippen LogP contribution in [0.3, 0.4) is 0 Å².